The van der Waals surface area contributed by atoms with E-state index in [4.69, 9.17) is 28.9 Å². The van der Waals surface area contributed by atoms with Crippen molar-refractivity contribution in [1.82, 2.24) is 9.78 Å². The maximum Gasteiger partial charge on any atom is 0.0833 e. The number of nitrogens with zero attached hydrogens (tertiary/aromatic N) is 2. The first kappa shape index (κ1) is 12.2. The quantitative estimate of drug-likeness (QED) is 0.804. The topological polar surface area (TPSA) is 43.8 Å². The largest absolute Gasteiger partial charge is 0.399 e. The maximum atomic E-state index is 5.99. The lowest BCUT2D eigenvalue weighted by molar-refractivity contribution is 0.881. The van der Waals surface area contributed by atoms with E-state index in [1.54, 1.807) is 35.3 Å². The highest BCUT2D eigenvalue weighted by Gasteiger charge is 2.04. The lowest BCUT2D eigenvalue weighted by atomic mass is 10.3. The summed E-state index contributed by atoms with van der Waals surface area (Å²) in [5.74, 6) is 0. The molecule has 0 spiro atoms. The van der Waals surface area contributed by atoms with E-state index in [1.165, 1.54) is 0 Å². The SMILES string of the molecule is Cl.Nc1ccc(-n2cc(Cl)cn2)c(Cl)c1. The number of anilines is 1. The zero-order valence-corrected chi connectivity index (χ0v) is 9.85. The lowest BCUT2D eigenvalue weighted by Crippen LogP contribution is -1.96. The van der Waals surface area contributed by atoms with Crippen molar-refractivity contribution in [3.63, 3.8) is 0 Å². The normalized spacial score (nSPS) is 9.73. The predicted octanol–water partition coefficient (Wildman–Crippen LogP) is 3.18. The molecule has 1 aromatic carbocycles. The molecule has 80 valence electrons. The molecule has 2 aromatic rings. The summed E-state index contributed by atoms with van der Waals surface area (Å²) in [4.78, 5) is 0. The van der Waals surface area contributed by atoms with E-state index in [2.05, 4.69) is 5.10 Å². The highest BCUT2D eigenvalue weighted by atomic mass is 35.5. The van der Waals surface area contributed by atoms with Crippen molar-refractivity contribution in [2.75, 3.05) is 5.73 Å². The molecule has 0 amide bonds. The molecule has 0 bridgehead atoms. The molecule has 6 heteroatoms. The van der Waals surface area contributed by atoms with Crippen LogP contribution in [0.15, 0.2) is 30.6 Å². The lowest BCUT2D eigenvalue weighted by Gasteiger charge is -2.04. The molecule has 0 saturated heterocycles. The summed E-state index contributed by atoms with van der Waals surface area (Å²) in [6, 6.07) is 5.23. The Hall–Kier alpha value is -0.900. The van der Waals surface area contributed by atoms with Crippen LogP contribution in [0.1, 0.15) is 0 Å². The van der Waals surface area contributed by atoms with Crippen LogP contribution in [0.25, 0.3) is 5.69 Å². The molecule has 0 unspecified atom stereocenters. The van der Waals surface area contributed by atoms with Gasteiger partial charge in [0.15, 0.2) is 0 Å². The Balaban J connectivity index is 0.00000112. The molecule has 15 heavy (non-hydrogen) atoms. The van der Waals surface area contributed by atoms with E-state index >= 15 is 0 Å². The number of hydrogen-bond acceptors (Lipinski definition) is 2. The Morgan fingerprint density at radius 1 is 1.27 bits per heavy atom. The van der Waals surface area contributed by atoms with Gasteiger partial charge in [-0.25, -0.2) is 4.68 Å². The van der Waals surface area contributed by atoms with Crippen molar-refractivity contribution in [3.8, 4) is 5.69 Å². The second-order valence-corrected chi connectivity index (χ2v) is 3.66. The van der Waals surface area contributed by atoms with Crippen LogP contribution in [-0.2, 0) is 0 Å². The smallest absolute Gasteiger partial charge is 0.0833 e. The van der Waals surface area contributed by atoms with Crippen LogP contribution in [0, 0.1) is 0 Å². The second kappa shape index (κ2) is 4.75. The summed E-state index contributed by atoms with van der Waals surface area (Å²) in [6.07, 6.45) is 3.23. The minimum atomic E-state index is 0. The van der Waals surface area contributed by atoms with E-state index in [-0.39, 0.29) is 12.4 Å². The monoisotopic (exact) mass is 263 g/mol. The first-order valence-corrected chi connectivity index (χ1v) is 4.68. The van der Waals surface area contributed by atoms with Crippen LogP contribution < -0.4 is 5.73 Å². The molecule has 3 nitrogen and oxygen atoms in total. The molecule has 0 aliphatic heterocycles. The molecule has 1 heterocycles. The highest BCUT2D eigenvalue weighted by molar-refractivity contribution is 6.32. The molecular weight excluding hydrogens is 256 g/mol. The molecule has 0 aliphatic rings. The van der Waals surface area contributed by atoms with Crippen LogP contribution in [0.2, 0.25) is 10.0 Å². The van der Waals surface area contributed by atoms with E-state index in [0.29, 0.717) is 15.7 Å². The zero-order valence-electron chi connectivity index (χ0n) is 7.52. The minimum Gasteiger partial charge on any atom is -0.399 e. The van der Waals surface area contributed by atoms with Crippen LogP contribution in [0.4, 0.5) is 5.69 Å². The van der Waals surface area contributed by atoms with Gasteiger partial charge in [0.2, 0.25) is 0 Å². The summed E-state index contributed by atoms with van der Waals surface area (Å²) >= 11 is 11.7. The number of rotatable bonds is 1. The Kier molecular flexibility index (Phi) is 3.85. The molecular formula is C9H8Cl3N3. The number of nitrogens with two attached hydrogens (primary N) is 1. The number of benzene rings is 1. The van der Waals surface area contributed by atoms with Crippen molar-refractivity contribution in [3.05, 3.63) is 40.6 Å². The van der Waals surface area contributed by atoms with Crippen molar-refractivity contribution in [1.29, 1.82) is 0 Å². The van der Waals surface area contributed by atoms with Gasteiger partial charge in [-0.1, -0.05) is 23.2 Å². The van der Waals surface area contributed by atoms with Crippen molar-refractivity contribution >= 4 is 41.3 Å². The van der Waals surface area contributed by atoms with Gasteiger partial charge in [0, 0.05) is 11.9 Å². The fourth-order valence-electron chi connectivity index (χ4n) is 1.14. The Morgan fingerprint density at radius 2 is 2.00 bits per heavy atom. The molecule has 0 atom stereocenters. The van der Waals surface area contributed by atoms with Gasteiger partial charge in [0.25, 0.3) is 0 Å². The fourth-order valence-corrected chi connectivity index (χ4v) is 1.55. The Bertz CT molecular complexity index is 467. The standard InChI is InChI=1S/C9H7Cl2N3.ClH/c10-6-4-13-14(5-6)9-2-1-7(12)3-8(9)11;/h1-5H,12H2;1H. The molecule has 2 N–H and O–H groups in total. The molecule has 0 fully saturated rings. The molecule has 0 saturated carbocycles. The van der Waals surface area contributed by atoms with Gasteiger partial charge in [-0.05, 0) is 18.2 Å². The van der Waals surface area contributed by atoms with Gasteiger partial charge in [-0.2, -0.15) is 5.10 Å². The minimum absolute atomic E-state index is 0. The van der Waals surface area contributed by atoms with E-state index in [9.17, 15) is 0 Å². The highest BCUT2D eigenvalue weighted by Crippen LogP contribution is 2.23. The summed E-state index contributed by atoms with van der Waals surface area (Å²) < 4.78 is 1.60. The predicted molar refractivity (Wildman–Crippen MR) is 65.2 cm³/mol. The Morgan fingerprint density at radius 3 is 2.53 bits per heavy atom. The van der Waals surface area contributed by atoms with E-state index in [1.807, 2.05) is 0 Å². The Labute approximate surface area is 103 Å². The van der Waals surface area contributed by atoms with Crippen LogP contribution in [0.5, 0.6) is 0 Å². The van der Waals surface area contributed by atoms with Crippen molar-refractivity contribution < 1.29 is 0 Å². The van der Waals surface area contributed by atoms with E-state index < -0.39 is 0 Å². The van der Waals surface area contributed by atoms with Crippen LogP contribution >= 0.6 is 35.6 Å². The number of nitrogen functional groups attached to an aromatic ring is 1. The molecule has 0 radical (unpaired) electrons. The second-order valence-electron chi connectivity index (χ2n) is 2.81. The number of halogens is 3. The molecule has 2 rings (SSSR count). The fraction of sp³-hybridized carbons (Fsp3) is 0. The van der Waals surface area contributed by atoms with Crippen molar-refractivity contribution in [2.45, 2.75) is 0 Å². The average molecular weight is 265 g/mol. The van der Waals surface area contributed by atoms with Gasteiger partial charge in [-0.15, -0.1) is 12.4 Å². The maximum absolute atomic E-state index is 5.99. The van der Waals surface area contributed by atoms with Crippen LogP contribution in [-0.4, -0.2) is 9.78 Å². The third-order valence-electron chi connectivity index (χ3n) is 1.77. The number of aromatic nitrogens is 2. The van der Waals surface area contributed by atoms with Gasteiger partial charge in [0.05, 0.1) is 21.9 Å². The van der Waals surface area contributed by atoms with Gasteiger partial charge in [0.1, 0.15) is 0 Å². The third kappa shape index (κ3) is 2.56. The first-order valence-electron chi connectivity index (χ1n) is 3.92. The molecule has 0 aliphatic carbocycles. The first-order chi connectivity index (χ1) is 6.66. The van der Waals surface area contributed by atoms with Crippen molar-refractivity contribution in [2.24, 2.45) is 0 Å². The number of hydrogen-bond donors (Lipinski definition) is 1. The van der Waals surface area contributed by atoms with Gasteiger partial charge >= 0.3 is 0 Å². The zero-order chi connectivity index (χ0) is 10.1. The summed E-state index contributed by atoms with van der Waals surface area (Å²) in [5, 5.41) is 5.15. The van der Waals surface area contributed by atoms with E-state index in [0.717, 1.165) is 5.69 Å². The average Bonchev–Trinajstić information content (AvgIpc) is 2.51. The van der Waals surface area contributed by atoms with Gasteiger partial charge < -0.3 is 5.73 Å². The third-order valence-corrected chi connectivity index (χ3v) is 2.27. The summed E-state index contributed by atoms with van der Waals surface area (Å²) in [5.41, 5.74) is 6.95. The summed E-state index contributed by atoms with van der Waals surface area (Å²) in [6.45, 7) is 0. The molecule has 1 aromatic heterocycles. The summed E-state index contributed by atoms with van der Waals surface area (Å²) in [7, 11) is 0. The van der Waals surface area contributed by atoms with Crippen LogP contribution in [0.3, 0.4) is 0 Å². The van der Waals surface area contributed by atoms with Gasteiger partial charge in [-0.3, -0.25) is 0 Å².